The molecule has 1 aromatic carbocycles. The molecule has 1 rings (SSSR count). The van der Waals surface area contributed by atoms with E-state index in [0.29, 0.717) is 5.57 Å². The molecule has 0 aromatic heterocycles. The third-order valence-electron chi connectivity index (χ3n) is 2.29. The normalized spacial score (nSPS) is 10.5. The van der Waals surface area contributed by atoms with Gasteiger partial charge in [-0.1, -0.05) is 18.7 Å². The highest BCUT2D eigenvalue weighted by atomic mass is 19.2. The van der Waals surface area contributed by atoms with Gasteiger partial charge in [-0.05, 0) is 12.5 Å². The van der Waals surface area contributed by atoms with Gasteiger partial charge in [-0.2, -0.15) is 0 Å². The molecule has 0 aliphatic carbocycles. The van der Waals surface area contributed by atoms with Crippen LogP contribution in [-0.2, 0) is 6.42 Å². The van der Waals surface area contributed by atoms with Crippen LogP contribution in [0.3, 0.4) is 0 Å². The van der Waals surface area contributed by atoms with Gasteiger partial charge >= 0.3 is 0 Å². The lowest BCUT2D eigenvalue weighted by atomic mass is 10.0. The highest BCUT2D eigenvalue weighted by Gasteiger charge is 2.25. The van der Waals surface area contributed by atoms with Crippen LogP contribution in [0.5, 0.6) is 0 Å². The lowest BCUT2D eigenvalue weighted by Gasteiger charge is -2.09. The van der Waals surface area contributed by atoms with Gasteiger partial charge in [-0.25, -0.2) is 22.0 Å². The maximum Gasteiger partial charge on any atom is 0.200 e. The highest BCUT2D eigenvalue weighted by Crippen LogP contribution is 2.25. The fourth-order valence-electron chi connectivity index (χ4n) is 1.17. The van der Waals surface area contributed by atoms with E-state index in [1.807, 2.05) is 0 Å². The summed E-state index contributed by atoms with van der Waals surface area (Å²) >= 11 is 0. The van der Waals surface area contributed by atoms with Gasteiger partial charge in [-0.15, -0.1) is 0 Å². The first kappa shape index (κ1) is 13.4. The summed E-state index contributed by atoms with van der Waals surface area (Å²) in [5.41, 5.74) is -0.281. The molecule has 0 unspecified atom stereocenters. The van der Waals surface area contributed by atoms with Crippen molar-refractivity contribution < 1.29 is 22.0 Å². The van der Waals surface area contributed by atoms with Crippen molar-refractivity contribution in [2.24, 2.45) is 0 Å². The minimum atomic E-state index is -2.16. The van der Waals surface area contributed by atoms with Crippen LogP contribution < -0.4 is 0 Å². The van der Waals surface area contributed by atoms with Crippen molar-refractivity contribution in [1.29, 1.82) is 0 Å². The molecule has 0 fully saturated rings. The van der Waals surface area contributed by atoms with Crippen LogP contribution >= 0.6 is 0 Å². The Labute approximate surface area is 95.1 Å². The lowest BCUT2D eigenvalue weighted by molar-refractivity contribution is 0.371. The van der Waals surface area contributed by atoms with E-state index in [1.54, 1.807) is 0 Å². The Morgan fingerprint density at radius 2 is 1.18 bits per heavy atom. The molecule has 0 atom stereocenters. The minimum absolute atomic E-state index is 0.202. The molecule has 5 heteroatoms. The summed E-state index contributed by atoms with van der Waals surface area (Å²) in [5, 5.41) is 0. The molecule has 0 radical (unpaired) electrons. The summed E-state index contributed by atoms with van der Waals surface area (Å²) < 4.78 is 64.9. The second-order valence-corrected chi connectivity index (χ2v) is 3.61. The molecule has 0 saturated heterocycles. The number of hydrogen-bond donors (Lipinski definition) is 0. The summed E-state index contributed by atoms with van der Waals surface area (Å²) in [6, 6.07) is 0. The van der Waals surface area contributed by atoms with E-state index in [1.165, 1.54) is 6.92 Å². The standard InChI is InChI=1S/C12H9F5/c1-5(2)6(3)4-7-8(13)10(15)12(17)11(16)9(7)14/h1,3-4H2,2H3. The second-order valence-electron chi connectivity index (χ2n) is 3.61. The molecular formula is C12H9F5. The first-order valence-corrected chi connectivity index (χ1v) is 4.61. The number of rotatable bonds is 3. The van der Waals surface area contributed by atoms with Crippen LogP contribution in [0.25, 0.3) is 0 Å². The maximum atomic E-state index is 13.2. The molecular weight excluding hydrogens is 239 g/mol. The topological polar surface area (TPSA) is 0 Å². The first-order valence-electron chi connectivity index (χ1n) is 4.61. The predicted octanol–water partition coefficient (Wildman–Crippen LogP) is 4.06. The van der Waals surface area contributed by atoms with Crippen LogP contribution in [0.4, 0.5) is 22.0 Å². The van der Waals surface area contributed by atoms with Crippen molar-refractivity contribution in [2.45, 2.75) is 13.3 Å². The largest absolute Gasteiger partial charge is 0.203 e. The van der Waals surface area contributed by atoms with Gasteiger partial charge < -0.3 is 0 Å². The summed E-state index contributed by atoms with van der Waals surface area (Å²) in [5.74, 6) is -9.72. The Morgan fingerprint density at radius 1 is 0.824 bits per heavy atom. The molecule has 0 bridgehead atoms. The summed E-state index contributed by atoms with van der Waals surface area (Å²) in [4.78, 5) is 0. The van der Waals surface area contributed by atoms with Crippen LogP contribution in [0.15, 0.2) is 24.3 Å². The van der Waals surface area contributed by atoms with E-state index in [2.05, 4.69) is 13.2 Å². The Morgan fingerprint density at radius 3 is 1.53 bits per heavy atom. The molecule has 17 heavy (non-hydrogen) atoms. The predicted molar refractivity (Wildman–Crippen MR) is 53.9 cm³/mol. The first-order chi connectivity index (χ1) is 7.77. The molecule has 1 aromatic rings. The molecule has 0 amide bonds. The highest BCUT2D eigenvalue weighted by molar-refractivity contribution is 5.33. The van der Waals surface area contributed by atoms with Crippen molar-refractivity contribution in [3.05, 3.63) is 59.0 Å². The van der Waals surface area contributed by atoms with Crippen LogP contribution in [0.1, 0.15) is 12.5 Å². The number of benzene rings is 1. The molecule has 0 aliphatic rings. The van der Waals surface area contributed by atoms with Crippen LogP contribution in [-0.4, -0.2) is 0 Å². The zero-order chi connectivity index (χ0) is 13.3. The van der Waals surface area contributed by atoms with Crippen molar-refractivity contribution >= 4 is 0 Å². The van der Waals surface area contributed by atoms with Crippen LogP contribution in [0, 0.1) is 29.1 Å². The third-order valence-corrected chi connectivity index (χ3v) is 2.29. The summed E-state index contributed by atoms with van der Waals surface area (Å²) in [7, 11) is 0. The zero-order valence-electron chi connectivity index (χ0n) is 9.01. The Hall–Kier alpha value is -1.65. The maximum absolute atomic E-state index is 13.2. The van der Waals surface area contributed by atoms with Crippen molar-refractivity contribution in [3.8, 4) is 0 Å². The van der Waals surface area contributed by atoms with Gasteiger partial charge in [0.05, 0.1) is 0 Å². The minimum Gasteiger partial charge on any atom is -0.203 e. The molecule has 0 spiro atoms. The third kappa shape index (κ3) is 2.38. The van der Waals surface area contributed by atoms with Gasteiger partial charge in [0.25, 0.3) is 0 Å². The average Bonchev–Trinajstić information content (AvgIpc) is 2.29. The monoisotopic (exact) mass is 248 g/mol. The Kier molecular flexibility index (Phi) is 3.70. The lowest BCUT2D eigenvalue weighted by Crippen LogP contribution is -2.08. The Bertz CT molecular complexity index is 473. The molecule has 0 heterocycles. The van der Waals surface area contributed by atoms with E-state index in [0.717, 1.165) is 0 Å². The molecule has 0 nitrogen and oxygen atoms in total. The molecule has 92 valence electrons. The fourth-order valence-corrected chi connectivity index (χ4v) is 1.17. The van der Waals surface area contributed by atoms with E-state index >= 15 is 0 Å². The Balaban J connectivity index is 3.35. The van der Waals surface area contributed by atoms with E-state index in [-0.39, 0.29) is 5.57 Å². The van der Waals surface area contributed by atoms with Crippen molar-refractivity contribution in [2.75, 3.05) is 0 Å². The second kappa shape index (κ2) is 4.69. The summed E-state index contributed by atoms with van der Waals surface area (Å²) in [6.07, 6.45) is -0.471. The summed E-state index contributed by atoms with van der Waals surface area (Å²) in [6.45, 7) is 8.43. The smallest absolute Gasteiger partial charge is 0.200 e. The van der Waals surface area contributed by atoms with Gasteiger partial charge in [0, 0.05) is 12.0 Å². The van der Waals surface area contributed by atoms with E-state index < -0.39 is 41.1 Å². The van der Waals surface area contributed by atoms with Gasteiger partial charge in [0.1, 0.15) is 0 Å². The van der Waals surface area contributed by atoms with Crippen molar-refractivity contribution in [1.82, 2.24) is 0 Å². The van der Waals surface area contributed by atoms with Crippen LogP contribution in [0.2, 0.25) is 0 Å². The number of allylic oxidation sites excluding steroid dienone is 2. The molecule has 0 saturated carbocycles. The fraction of sp³-hybridized carbons (Fsp3) is 0.167. The number of halogens is 5. The van der Waals surface area contributed by atoms with E-state index in [4.69, 9.17) is 0 Å². The molecule has 0 aliphatic heterocycles. The van der Waals surface area contributed by atoms with Gasteiger partial charge in [-0.3, -0.25) is 0 Å². The zero-order valence-corrected chi connectivity index (χ0v) is 9.01. The van der Waals surface area contributed by atoms with Gasteiger partial charge in [0.15, 0.2) is 23.3 Å². The molecule has 0 N–H and O–H groups in total. The SMILES string of the molecule is C=C(C)C(=C)Cc1c(F)c(F)c(F)c(F)c1F. The van der Waals surface area contributed by atoms with E-state index in [9.17, 15) is 22.0 Å². The number of hydrogen-bond acceptors (Lipinski definition) is 0. The quantitative estimate of drug-likeness (QED) is 0.327. The average molecular weight is 248 g/mol. The van der Waals surface area contributed by atoms with Gasteiger partial charge in [0.2, 0.25) is 5.82 Å². The van der Waals surface area contributed by atoms with Crippen molar-refractivity contribution in [3.63, 3.8) is 0 Å².